The summed E-state index contributed by atoms with van der Waals surface area (Å²) in [5.74, 6) is -1.30. The Morgan fingerprint density at radius 2 is 1.90 bits per heavy atom. The van der Waals surface area contributed by atoms with E-state index in [4.69, 9.17) is 0 Å². The van der Waals surface area contributed by atoms with E-state index in [1.807, 2.05) is 0 Å². The first-order valence-corrected chi connectivity index (χ1v) is 2.79. The molecule has 5 heteroatoms. The second-order valence-corrected chi connectivity index (χ2v) is 1.90. The van der Waals surface area contributed by atoms with E-state index >= 15 is 0 Å². The molecule has 0 fully saturated rings. The minimum Gasteiger partial charge on any atom is -0.380 e. The molecule has 0 heterocycles. The Morgan fingerprint density at radius 1 is 1.40 bits per heavy atom. The topological polar surface area (TPSA) is 60.4 Å². The minimum absolute atomic E-state index is 0.372. The van der Waals surface area contributed by atoms with E-state index < -0.39 is 17.8 Å². The molecule has 0 aromatic rings. The zero-order chi connectivity index (χ0) is 8.15. The van der Waals surface area contributed by atoms with E-state index in [9.17, 15) is 14.4 Å². The number of hydrogen-bond donors (Lipinski definition) is 0. The molecule has 0 atom stereocenters. The summed E-state index contributed by atoms with van der Waals surface area (Å²) in [4.78, 5) is 30.3. The normalized spacial score (nSPS) is 8.60. The highest BCUT2D eigenvalue weighted by Gasteiger charge is 2.09. The smallest absolute Gasteiger partial charge is 0.380 e. The zero-order valence-corrected chi connectivity index (χ0v) is 5.97. The predicted molar refractivity (Wildman–Crippen MR) is 32.6 cm³/mol. The van der Waals surface area contributed by atoms with Crippen molar-refractivity contribution in [3.05, 3.63) is 0 Å². The van der Waals surface area contributed by atoms with Gasteiger partial charge in [0.15, 0.2) is 0 Å². The third-order valence-corrected chi connectivity index (χ3v) is 0.665. The Bertz CT molecular complexity index is 156. The van der Waals surface area contributed by atoms with Gasteiger partial charge in [0, 0.05) is 11.6 Å². The lowest BCUT2D eigenvalue weighted by atomic mass is 10.3. The lowest BCUT2D eigenvalue weighted by Gasteiger charge is -1.92. The fourth-order valence-electron chi connectivity index (χ4n) is 0.329. The first-order chi connectivity index (χ1) is 4.52. The standard InChI is InChI=1S/C5H5ClO4/c1-3(7)2-4(8)10-5(6)9/h2H2,1H3. The summed E-state index contributed by atoms with van der Waals surface area (Å²) >= 11 is 4.66. The largest absolute Gasteiger partial charge is 0.411 e. The number of Topliss-reactive ketones (excluding diaryl/α,β-unsaturated/α-hetero) is 1. The van der Waals surface area contributed by atoms with Gasteiger partial charge in [-0.25, -0.2) is 4.79 Å². The van der Waals surface area contributed by atoms with Crippen LogP contribution < -0.4 is 0 Å². The van der Waals surface area contributed by atoms with Crippen LogP contribution in [0.1, 0.15) is 13.3 Å². The highest BCUT2D eigenvalue weighted by molar-refractivity contribution is 6.61. The average molecular weight is 165 g/mol. The maximum atomic E-state index is 10.3. The summed E-state index contributed by atoms with van der Waals surface area (Å²) in [6.07, 6.45) is -0.418. The van der Waals surface area contributed by atoms with Crippen molar-refractivity contribution in [3.8, 4) is 0 Å². The van der Waals surface area contributed by atoms with Gasteiger partial charge < -0.3 is 4.74 Å². The molecule has 0 saturated carbocycles. The van der Waals surface area contributed by atoms with Crippen LogP contribution in [-0.2, 0) is 14.3 Å². The molecular formula is C5H5ClO4. The lowest BCUT2D eigenvalue weighted by molar-refractivity contribution is -0.139. The van der Waals surface area contributed by atoms with Gasteiger partial charge in [0.1, 0.15) is 12.2 Å². The van der Waals surface area contributed by atoms with E-state index in [2.05, 4.69) is 16.3 Å². The fraction of sp³-hybridized carbons (Fsp3) is 0.400. The molecule has 0 bridgehead atoms. The van der Waals surface area contributed by atoms with Crippen LogP contribution in [0.2, 0.25) is 0 Å². The number of carbonyl (C=O) groups excluding carboxylic acids is 3. The predicted octanol–water partition coefficient (Wildman–Crippen LogP) is 0.867. The molecule has 4 nitrogen and oxygen atoms in total. The van der Waals surface area contributed by atoms with Crippen LogP contribution in [0.3, 0.4) is 0 Å². The average Bonchev–Trinajstić information content (AvgIpc) is 1.58. The van der Waals surface area contributed by atoms with Crippen molar-refractivity contribution in [2.45, 2.75) is 13.3 Å². The van der Waals surface area contributed by atoms with E-state index in [0.717, 1.165) is 0 Å². The Labute approximate surface area is 62.1 Å². The van der Waals surface area contributed by atoms with E-state index in [0.29, 0.717) is 0 Å². The van der Waals surface area contributed by atoms with Crippen LogP contribution in [0.4, 0.5) is 4.79 Å². The molecule has 0 N–H and O–H groups in total. The molecular weight excluding hydrogens is 160 g/mol. The van der Waals surface area contributed by atoms with Gasteiger partial charge in [-0.05, 0) is 6.92 Å². The minimum atomic E-state index is -1.22. The van der Waals surface area contributed by atoms with Gasteiger partial charge in [0.25, 0.3) is 0 Å². The van der Waals surface area contributed by atoms with Gasteiger partial charge in [-0.15, -0.1) is 0 Å². The SMILES string of the molecule is CC(=O)CC(=O)OC(=O)Cl. The van der Waals surface area contributed by atoms with Crippen LogP contribution in [0.25, 0.3) is 0 Å². The van der Waals surface area contributed by atoms with Crippen molar-refractivity contribution in [2.75, 3.05) is 0 Å². The van der Waals surface area contributed by atoms with Crippen molar-refractivity contribution in [2.24, 2.45) is 0 Å². The summed E-state index contributed by atoms with van der Waals surface area (Å²) in [6.45, 7) is 1.21. The molecule has 0 saturated heterocycles. The molecule has 0 amide bonds. The third kappa shape index (κ3) is 5.24. The van der Waals surface area contributed by atoms with Gasteiger partial charge in [-0.2, -0.15) is 0 Å². The van der Waals surface area contributed by atoms with Crippen molar-refractivity contribution < 1.29 is 19.1 Å². The van der Waals surface area contributed by atoms with Crippen molar-refractivity contribution in [1.29, 1.82) is 0 Å². The summed E-state index contributed by atoms with van der Waals surface area (Å²) in [5.41, 5.74) is -1.22. The Hall–Kier alpha value is -0.900. The number of carbonyl (C=O) groups is 3. The summed E-state index contributed by atoms with van der Waals surface area (Å²) in [6, 6.07) is 0. The van der Waals surface area contributed by atoms with Crippen LogP contribution in [0.5, 0.6) is 0 Å². The van der Waals surface area contributed by atoms with Crippen molar-refractivity contribution in [1.82, 2.24) is 0 Å². The summed E-state index contributed by atoms with van der Waals surface area (Å²) in [5, 5.41) is 0. The van der Waals surface area contributed by atoms with Gasteiger partial charge in [0.05, 0.1) is 0 Å². The van der Waals surface area contributed by atoms with Gasteiger partial charge in [0.2, 0.25) is 0 Å². The number of ether oxygens (including phenoxy) is 1. The lowest BCUT2D eigenvalue weighted by Crippen LogP contribution is -2.09. The number of hydrogen-bond acceptors (Lipinski definition) is 4. The highest BCUT2D eigenvalue weighted by Crippen LogP contribution is 1.92. The molecule has 0 aromatic carbocycles. The van der Waals surface area contributed by atoms with Crippen LogP contribution >= 0.6 is 11.6 Å². The van der Waals surface area contributed by atoms with Gasteiger partial charge in [-0.3, -0.25) is 9.59 Å². The van der Waals surface area contributed by atoms with E-state index in [1.165, 1.54) is 6.92 Å². The van der Waals surface area contributed by atoms with E-state index in [-0.39, 0.29) is 5.78 Å². The fourth-order valence-corrected chi connectivity index (χ4v) is 0.415. The van der Waals surface area contributed by atoms with Gasteiger partial charge in [-0.1, -0.05) is 0 Å². The Balaban J connectivity index is 3.65. The first-order valence-electron chi connectivity index (χ1n) is 2.42. The second kappa shape index (κ2) is 4.00. The molecule has 0 unspecified atom stereocenters. The molecule has 0 aliphatic heterocycles. The molecule has 0 aliphatic carbocycles. The Morgan fingerprint density at radius 3 is 2.20 bits per heavy atom. The number of esters is 1. The second-order valence-electron chi connectivity index (χ2n) is 1.59. The summed E-state index contributed by atoms with van der Waals surface area (Å²) < 4.78 is 3.83. The maximum Gasteiger partial charge on any atom is 0.411 e. The number of rotatable bonds is 2. The van der Waals surface area contributed by atoms with E-state index in [1.54, 1.807) is 0 Å². The van der Waals surface area contributed by atoms with Gasteiger partial charge >= 0.3 is 11.4 Å². The van der Waals surface area contributed by atoms with Crippen molar-refractivity contribution >= 4 is 28.8 Å². The highest BCUT2D eigenvalue weighted by atomic mass is 35.5. The quantitative estimate of drug-likeness (QED) is 0.345. The number of ketones is 1. The molecule has 0 rings (SSSR count). The molecule has 0 spiro atoms. The molecule has 10 heavy (non-hydrogen) atoms. The van der Waals surface area contributed by atoms with Crippen LogP contribution in [-0.4, -0.2) is 17.2 Å². The zero-order valence-electron chi connectivity index (χ0n) is 5.22. The Kier molecular flexibility index (Phi) is 3.64. The molecule has 0 aliphatic rings. The third-order valence-electron chi connectivity index (χ3n) is 0.587. The molecule has 56 valence electrons. The summed E-state index contributed by atoms with van der Waals surface area (Å²) in [7, 11) is 0. The molecule has 0 radical (unpaired) electrons. The molecule has 0 aromatic heterocycles. The van der Waals surface area contributed by atoms with Crippen LogP contribution in [0.15, 0.2) is 0 Å². The first kappa shape index (κ1) is 9.10. The van der Waals surface area contributed by atoms with Crippen LogP contribution in [0, 0.1) is 0 Å². The maximum absolute atomic E-state index is 10.3. The number of halogens is 1. The monoisotopic (exact) mass is 164 g/mol. The van der Waals surface area contributed by atoms with Crippen molar-refractivity contribution in [3.63, 3.8) is 0 Å².